The van der Waals surface area contributed by atoms with Gasteiger partial charge >= 0.3 is 5.97 Å². The van der Waals surface area contributed by atoms with E-state index >= 15 is 0 Å². The van der Waals surface area contributed by atoms with Crippen LogP contribution in [-0.2, 0) is 21.4 Å². The lowest BCUT2D eigenvalue weighted by Gasteiger charge is -2.20. The fraction of sp³-hybridized carbons (Fsp3) is 0.500. The summed E-state index contributed by atoms with van der Waals surface area (Å²) in [6.07, 6.45) is 0.0171. The number of carboxylic acid groups (broad SMARTS) is 1. The Kier molecular flexibility index (Phi) is 6.16. The zero-order valence-corrected chi connectivity index (χ0v) is 12.7. The van der Waals surface area contributed by atoms with Gasteiger partial charge in [0, 0.05) is 19.5 Å². The van der Waals surface area contributed by atoms with E-state index in [4.69, 9.17) is 5.11 Å². The molecule has 0 radical (unpaired) electrons. The molecular weight excluding hydrogens is 278 g/mol. The topological polar surface area (TPSA) is 74.7 Å². The number of rotatable bonds is 8. The number of carboxylic acids is 1. The molecule has 0 amide bonds. The van der Waals surface area contributed by atoms with E-state index in [2.05, 4.69) is 0 Å². The second-order valence-corrected chi connectivity index (χ2v) is 6.82. The van der Waals surface area contributed by atoms with Gasteiger partial charge in [-0.3, -0.25) is 4.79 Å². The van der Waals surface area contributed by atoms with E-state index in [0.717, 1.165) is 11.1 Å². The van der Waals surface area contributed by atoms with Crippen molar-refractivity contribution >= 4 is 16.0 Å². The van der Waals surface area contributed by atoms with Gasteiger partial charge in [-0.25, -0.2) is 8.42 Å². The molecule has 0 aliphatic carbocycles. The van der Waals surface area contributed by atoms with Crippen LogP contribution in [0.1, 0.15) is 30.9 Å². The molecule has 1 N–H and O–H groups in total. The Hall–Kier alpha value is -1.40. The van der Waals surface area contributed by atoms with Crippen molar-refractivity contribution in [3.8, 4) is 0 Å². The second kappa shape index (κ2) is 7.40. The summed E-state index contributed by atoms with van der Waals surface area (Å²) in [6.45, 7) is 4.45. The molecular formula is C14H21NO4S. The molecule has 6 heteroatoms. The fourth-order valence-electron chi connectivity index (χ4n) is 1.96. The Morgan fingerprint density at radius 2 is 2.05 bits per heavy atom. The highest BCUT2D eigenvalue weighted by molar-refractivity contribution is 7.89. The van der Waals surface area contributed by atoms with Crippen LogP contribution in [0.15, 0.2) is 24.3 Å². The van der Waals surface area contributed by atoms with Crippen molar-refractivity contribution in [2.75, 3.05) is 12.3 Å². The summed E-state index contributed by atoms with van der Waals surface area (Å²) in [6, 6.07) is 7.70. The van der Waals surface area contributed by atoms with Crippen LogP contribution in [-0.4, -0.2) is 36.1 Å². The lowest BCUT2D eigenvalue weighted by Crippen LogP contribution is -2.32. The Bertz CT molecular complexity index is 554. The predicted molar refractivity (Wildman–Crippen MR) is 77.9 cm³/mol. The minimum atomic E-state index is -3.41. The molecule has 0 bridgehead atoms. The number of nitrogens with zero attached hydrogens (tertiary/aromatic N) is 1. The molecule has 0 saturated heterocycles. The van der Waals surface area contributed by atoms with Crippen molar-refractivity contribution in [2.45, 2.75) is 33.2 Å². The average molecular weight is 299 g/mol. The SMILES string of the molecule is CCN(Cc1cccc(C)c1)S(=O)(=O)CCCC(=O)O. The Labute approximate surface area is 120 Å². The molecule has 5 nitrogen and oxygen atoms in total. The molecule has 0 aromatic heterocycles. The minimum Gasteiger partial charge on any atom is -0.481 e. The van der Waals surface area contributed by atoms with Crippen LogP contribution in [0.2, 0.25) is 0 Å². The maximum Gasteiger partial charge on any atom is 0.303 e. The second-order valence-electron chi connectivity index (χ2n) is 4.73. The standard InChI is InChI=1S/C14H21NO4S/c1-3-15(11-13-7-4-6-12(2)10-13)20(18,19)9-5-8-14(16)17/h4,6-7,10H,3,5,8-9,11H2,1-2H3,(H,16,17). The monoisotopic (exact) mass is 299 g/mol. The highest BCUT2D eigenvalue weighted by Gasteiger charge is 2.20. The first-order chi connectivity index (χ1) is 9.35. The van der Waals surface area contributed by atoms with Gasteiger partial charge in [0.2, 0.25) is 10.0 Å². The molecule has 0 aliphatic heterocycles. The quantitative estimate of drug-likeness (QED) is 0.797. The van der Waals surface area contributed by atoms with Crippen LogP contribution >= 0.6 is 0 Å². The fourth-order valence-corrected chi connectivity index (χ4v) is 3.46. The molecule has 0 saturated carbocycles. The summed E-state index contributed by atoms with van der Waals surface area (Å²) < 4.78 is 25.7. The smallest absolute Gasteiger partial charge is 0.303 e. The van der Waals surface area contributed by atoms with Crippen LogP contribution in [0.25, 0.3) is 0 Å². The third-order valence-corrected chi connectivity index (χ3v) is 4.96. The zero-order chi connectivity index (χ0) is 15.2. The third kappa shape index (κ3) is 5.30. The third-order valence-electron chi connectivity index (χ3n) is 2.98. The van der Waals surface area contributed by atoms with Crippen molar-refractivity contribution in [2.24, 2.45) is 0 Å². The van der Waals surface area contributed by atoms with Gasteiger partial charge in [0.25, 0.3) is 0 Å². The number of aliphatic carboxylic acids is 1. The largest absolute Gasteiger partial charge is 0.481 e. The molecule has 0 aliphatic rings. The molecule has 1 aromatic rings. The summed E-state index contributed by atoms with van der Waals surface area (Å²) in [7, 11) is -3.41. The van der Waals surface area contributed by atoms with E-state index < -0.39 is 16.0 Å². The van der Waals surface area contributed by atoms with Crippen molar-refractivity contribution in [1.29, 1.82) is 0 Å². The first-order valence-corrected chi connectivity index (χ1v) is 8.21. The predicted octanol–water partition coefficient (Wildman–Crippen LogP) is 2.01. The summed E-state index contributed by atoms with van der Waals surface area (Å²) in [5.41, 5.74) is 2.02. The van der Waals surface area contributed by atoms with Crippen LogP contribution in [0.3, 0.4) is 0 Å². The van der Waals surface area contributed by atoms with Gasteiger partial charge in [-0.1, -0.05) is 36.8 Å². The number of sulfonamides is 1. The lowest BCUT2D eigenvalue weighted by molar-refractivity contribution is -0.137. The van der Waals surface area contributed by atoms with Gasteiger partial charge in [-0.15, -0.1) is 0 Å². The van der Waals surface area contributed by atoms with Gasteiger partial charge in [-0.05, 0) is 18.9 Å². The Morgan fingerprint density at radius 3 is 2.60 bits per heavy atom. The number of carbonyl (C=O) groups is 1. The highest BCUT2D eigenvalue weighted by Crippen LogP contribution is 2.12. The lowest BCUT2D eigenvalue weighted by atomic mass is 10.1. The average Bonchev–Trinajstić information content (AvgIpc) is 2.35. The first-order valence-electron chi connectivity index (χ1n) is 6.60. The van der Waals surface area contributed by atoms with Gasteiger partial charge in [0.1, 0.15) is 0 Å². The molecule has 20 heavy (non-hydrogen) atoms. The van der Waals surface area contributed by atoms with Crippen LogP contribution in [0.4, 0.5) is 0 Å². The molecule has 0 fully saturated rings. The van der Waals surface area contributed by atoms with Gasteiger partial charge < -0.3 is 5.11 Å². The van der Waals surface area contributed by atoms with E-state index in [1.807, 2.05) is 31.2 Å². The summed E-state index contributed by atoms with van der Waals surface area (Å²) >= 11 is 0. The van der Waals surface area contributed by atoms with Crippen LogP contribution in [0, 0.1) is 6.92 Å². The number of hydrogen-bond donors (Lipinski definition) is 1. The van der Waals surface area contributed by atoms with Crippen molar-refractivity contribution < 1.29 is 18.3 Å². The highest BCUT2D eigenvalue weighted by atomic mass is 32.2. The van der Waals surface area contributed by atoms with Crippen LogP contribution in [0.5, 0.6) is 0 Å². The van der Waals surface area contributed by atoms with E-state index in [1.165, 1.54) is 4.31 Å². The number of aryl methyl sites for hydroxylation is 1. The molecule has 0 unspecified atom stereocenters. The van der Waals surface area contributed by atoms with Crippen LogP contribution < -0.4 is 0 Å². The minimum absolute atomic E-state index is 0.124. The van der Waals surface area contributed by atoms with E-state index in [1.54, 1.807) is 6.92 Å². The molecule has 0 heterocycles. The molecule has 0 spiro atoms. The van der Waals surface area contributed by atoms with E-state index in [9.17, 15) is 13.2 Å². The van der Waals surface area contributed by atoms with Gasteiger partial charge in [-0.2, -0.15) is 4.31 Å². The Morgan fingerprint density at radius 1 is 1.35 bits per heavy atom. The maximum absolute atomic E-state index is 12.2. The molecule has 0 atom stereocenters. The van der Waals surface area contributed by atoms with Crippen molar-refractivity contribution in [3.63, 3.8) is 0 Å². The molecule has 1 rings (SSSR count). The van der Waals surface area contributed by atoms with E-state index in [0.29, 0.717) is 13.1 Å². The Balaban J connectivity index is 2.71. The van der Waals surface area contributed by atoms with Gasteiger partial charge in [0.05, 0.1) is 5.75 Å². The molecule has 112 valence electrons. The number of hydrogen-bond acceptors (Lipinski definition) is 3. The van der Waals surface area contributed by atoms with Crippen molar-refractivity contribution in [3.05, 3.63) is 35.4 Å². The number of benzene rings is 1. The first kappa shape index (κ1) is 16.7. The summed E-state index contributed by atoms with van der Waals surface area (Å²) in [4.78, 5) is 10.4. The summed E-state index contributed by atoms with van der Waals surface area (Å²) in [5.74, 6) is -1.10. The maximum atomic E-state index is 12.2. The van der Waals surface area contributed by atoms with Gasteiger partial charge in [0.15, 0.2) is 0 Å². The zero-order valence-electron chi connectivity index (χ0n) is 11.9. The van der Waals surface area contributed by atoms with E-state index in [-0.39, 0.29) is 18.6 Å². The molecule has 1 aromatic carbocycles. The van der Waals surface area contributed by atoms with Crippen molar-refractivity contribution in [1.82, 2.24) is 4.31 Å². The normalized spacial score (nSPS) is 11.8. The summed E-state index contributed by atoms with van der Waals surface area (Å²) in [5, 5.41) is 8.56.